The highest BCUT2D eigenvalue weighted by Crippen LogP contribution is 2.25. The highest BCUT2D eigenvalue weighted by atomic mass is 35.5. The molecule has 3 rings (SSSR count). The quantitative estimate of drug-likeness (QED) is 0.828. The molecule has 1 aliphatic rings. The highest BCUT2D eigenvalue weighted by molar-refractivity contribution is 6.42. The van der Waals surface area contributed by atoms with Crippen molar-refractivity contribution < 1.29 is 14.7 Å². The molecule has 0 atom stereocenters. The van der Waals surface area contributed by atoms with E-state index in [9.17, 15) is 14.7 Å². The molecule has 1 aromatic heterocycles. The molecule has 0 fully saturated rings. The van der Waals surface area contributed by atoms with E-state index in [-0.39, 0.29) is 18.7 Å². The molecule has 0 spiro atoms. The van der Waals surface area contributed by atoms with E-state index >= 15 is 0 Å². The fraction of sp³-hybridized carbons (Fsp3) is 0.211. The fourth-order valence-corrected chi connectivity index (χ4v) is 3.16. The SMILES string of the molecule is CN(Cc1ccc(Cl)c(Cl)c1)C(=O)C1=C(O)C(=O)N(Cc2ccncc2)C1. The molecule has 0 radical (unpaired) electrons. The topological polar surface area (TPSA) is 73.7 Å². The van der Waals surface area contributed by atoms with Gasteiger partial charge >= 0.3 is 0 Å². The lowest BCUT2D eigenvalue weighted by Crippen LogP contribution is -2.31. The fourth-order valence-electron chi connectivity index (χ4n) is 2.84. The third kappa shape index (κ3) is 4.23. The molecular formula is C19H17Cl2N3O3. The number of aliphatic hydroxyl groups is 1. The van der Waals surface area contributed by atoms with E-state index < -0.39 is 17.6 Å². The maximum Gasteiger partial charge on any atom is 0.289 e. The summed E-state index contributed by atoms with van der Waals surface area (Å²) in [5, 5.41) is 11.0. The summed E-state index contributed by atoms with van der Waals surface area (Å²) < 4.78 is 0. The summed E-state index contributed by atoms with van der Waals surface area (Å²) in [5.74, 6) is -1.47. The van der Waals surface area contributed by atoms with Gasteiger partial charge in [0.05, 0.1) is 22.2 Å². The Bertz CT molecular complexity index is 916. The number of aromatic nitrogens is 1. The zero-order valence-corrected chi connectivity index (χ0v) is 16.0. The zero-order valence-electron chi connectivity index (χ0n) is 14.5. The number of hydrogen-bond acceptors (Lipinski definition) is 4. The predicted molar refractivity (Wildman–Crippen MR) is 102 cm³/mol. The van der Waals surface area contributed by atoms with Crippen LogP contribution in [0.25, 0.3) is 0 Å². The first-order valence-electron chi connectivity index (χ1n) is 8.16. The second-order valence-corrected chi connectivity index (χ2v) is 7.07. The monoisotopic (exact) mass is 405 g/mol. The number of likely N-dealkylation sites (N-methyl/N-ethyl adjacent to an activating group) is 1. The molecule has 1 aliphatic heterocycles. The van der Waals surface area contributed by atoms with Crippen LogP contribution >= 0.6 is 23.2 Å². The molecule has 8 heteroatoms. The van der Waals surface area contributed by atoms with Crippen molar-refractivity contribution in [1.82, 2.24) is 14.8 Å². The molecule has 2 aromatic rings. The Morgan fingerprint density at radius 1 is 1.19 bits per heavy atom. The Morgan fingerprint density at radius 3 is 2.56 bits per heavy atom. The van der Waals surface area contributed by atoms with Crippen LogP contribution < -0.4 is 0 Å². The van der Waals surface area contributed by atoms with Crippen LogP contribution in [0, 0.1) is 0 Å². The molecular weight excluding hydrogens is 389 g/mol. The third-order valence-electron chi connectivity index (χ3n) is 4.26. The first kappa shape index (κ1) is 19.2. The summed E-state index contributed by atoms with van der Waals surface area (Å²) in [6.07, 6.45) is 3.25. The number of hydrogen-bond donors (Lipinski definition) is 1. The van der Waals surface area contributed by atoms with Gasteiger partial charge in [-0.3, -0.25) is 14.6 Å². The summed E-state index contributed by atoms with van der Waals surface area (Å²) in [6.45, 7) is 0.612. The molecule has 2 amide bonds. The third-order valence-corrected chi connectivity index (χ3v) is 5.00. The number of carbonyl (C=O) groups excluding carboxylic acids is 2. The minimum absolute atomic E-state index is 0.0531. The van der Waals surface area contributed by atoms with Crippen LogP contribution in [0.4, 0.5) is 0 Å². The Labute approximate surface area is 166 Å². The second-order valence-electron chi connectivity index (χ2n) is 6.25. The van der Waals surface area contributed by atoms with Crippen LogP contribution in [-0.4, -0.2) is 45.3 Å². The van der Waals surface area contributed by atoms with E-state index in [1.807, 2.05) is 0 Å². The minimum Gasteiger partial charge on any atom is -0.503 e. The van der Waals surface area contributed by atoms with Crippen molar-refractivity contribution in [3.63, 3.8) is 0 Å². The maximum atomic E-state index is 12.7. The Kier molecular flexibility index (Phi) is 5.68. The van der Waals surface area contributed by atoms with Gasteiger partial charge in [0, 0.05) is 32.5 Å². The molecule has 1 N–H and O–H groups in total. The van der Waals surface area contributed by atoms with Crippen molar-refractivity contribution >= 4 is 35.0 Å². The zero-order chi connectivity index (χ0) is 19.6. The van der Waals surface area contributed by atoms with Gasteiger partial charge in [0.2, 0.25) is 0 Å². The molecule has 0 saturated carbocycles. The molecule has 2 heterocycles. The Balaban J connectivity index is 1.69. The first-order valence-corrected chi connectivity index (χ1v) is 8.92. The van der Waals surface area contributed by atoms with Crippen LogP contribution in [0.5, 0.6) is 0 Å². The number of aliphatic hydroxyl groups excluding tert-OH is 1. The number of carbonyl (C=O) groups is 2. The lowest BCUT2D eigenvalue weighted by Gasteiger charge is -2.19. The van der Waals surface area contributed by atoms with E-state index in [0.29, 0.717) is 16.6 Å². The Hall–Kier alpha value is -2.57. The van der Waals surface area contributed by atoms with E-state index in [4.69, 9.17) is 23.2 Å². The summed E-state index contributed by atoms with van der Waals surface area (Å²) >= 11 is 11.9. The normalized spacial score (nSPS) is 14.0. The van der Waals surface area contributed by atoms with Crippen molar-refractivity contribution in [2.75, 3.05) is 13.6 Å². The summed E-state index contributed by atoms with van der Waals surface area (Å²) in [5.41, 5.74) is 1.74. The summed E-state index contributed by atoms with van der Waals surface area (Å²) in [6, 6.07) is 8.66. The van der Waals surface area contributed by atoms with Crippen molar-refractivity contribution in [2.24, 2.45) is 0 Å². The molecule has 0 unspecified atom stereocenters. The molecule has 6 nitrogen and oxygen atoms in total. The number of amides is 2. The average molecular weight is 406 g/mol. The second kappa shape index (κ2) is 7.98. The van der Waals surface area contributed by atoms with E-state index in [2.05, 4.69) is 4.98 Å². The Morgan fingerprint density at radius 2 is 1.89 bits per heavy atom. The number of pyridine rings is 1. The lowest BCUT2D eigenvalue weighted by atomic mass is 10.2. The van der Waals surface area contributed by atoms with Gasteiger partial charge in [-0.1, -0.05) is 29.3 Å². The van der Waals surface area contributed by atoms with Crippen molar-refractivity contribution in [2.45, 2.75) is 13.1 Å². The van der Waals surface area contributed by atoms with Gasteiger partial charge in [0.1, 0.15) is 0 Å². The average Bonchev–Trinajstić information content (AvgIpc) is 2.93. The number of nitrogens with zero attached hydrogens (tertiary/aromatic N) is 3. The van der Waals surface area contributed by atoms with Gasteiger partial charge in [-0.15, -0.1) is 0 Å². The summed E-state index contributed by atoms with van der Waals surface area (Å²) in [7, 11) is 1.60. The number of halogens is 2. The number of rotatable bonds is 5. The van der Waals surface area contributed by atoms with Crippen molar-refractivity contribution in [1.29, 1.82) is 0 Å². The molecule has 0 bridgehead atoms. The predicted octanol–water partition coefficient (Wildman–Crippen LogP) is 3.20. The van der Waals surface area contributed by atoms with Gasteiger partial charge < -0.3 is 14.9 Å². The van der Waals surface area contributed by atoms with Crippen LogP contribution in [-0.2, 0) is 22.7 Å². The highest BCUT2D eigenvalue weighted by Gasteiger charge is 2.35. The van der Waals surface area contributed by atoms with Crippen LogP contribution in [0.2, 0.25) is 10.0 Å². The first-order chi connectivity index (χ1) is 12.9. The smallest absolute Gasteiger partial charge is 0.289 e. The number of benzene rings is 1. The maximum absolute atomic E-state index is 12.7. The van der Waals surface area contributed by atoms with Crippen molar-refractivity contribution in [3.05, 3.63) is 75.2 Å². The standard InChI is InChI=1S/C19H17Cl2N3O3/c1-23(9-13-2-3-15(20)16(21)8-13)18(26)14-11-24(19(27)17(14)25)10-12-4-6-22-7-5-12/h2-8,25H,9-11H2,1H3. The van der Waals surface area contributed by atoms with E-state index in [1.54, 1.807) is 49.8 Å². The molecule has 1 aromatic carbocycles. The molecule has 0 aliphatic carbocycles. The van der Waals surface area contributed by atoms with E-state index in [1.165, 1.54) is 9.80 Å². The van der Waals surface area contributed by atoms with Crippen LogP contribution in [0.3, 0.4) is 0 Å². The van der Waals surface area contributed by atoms with Gasteiger partial charge in [-0.2, -0.15) is 0 Å². The molecule has 0 saturated heterocycles. The van der Waals surface area contributed by atoms with Gasteiger partial charge in [0.25, 0.3) is 11.8 Å². The van der Waals surface area contributed by atoms with Gasteiger partial charge in [0.15, 0.2) is 5.76 Å². The van der Waals surface area contributed by atoms with Gasteiger partial charge in [-0.25, -0.2) is 0 Å². The minimum atomic E-state index is -0.557. The lowest BCUT2D eigenvalue weighted by molar-refractivity contribution is -0.128. The molecule has 27 heavy (non-hydrogen) atoms. The summed E-state index contributed by atoms with van der Waals surface area (Å²) in [4.78, 5) is 31.8. The van der Waals surface area contributed by atoms with Crippen LogP contribution in [0.15, 0.2) is 54.1 Å². The largest absolute Gasteiger partial charge is 0.503 e. The van der Waals surface area contributed by atoms with Crippen molar-refractivity contribution in [3.8, 4) is 0 Å². The van der Waals surface area contributed by atoms with Crippen LogP contribution in [0.1, 0.15) is 11.1 Å². The van der Waals surface area contributed by atoms with E-state index in [0.717, 1.165) is 11.1 Å². The molecule has 140 valence electrons. The van der Waals surface area contributed by atoms with Gasteiger partial charge in [-0.05, 0) is 35.4 Å².